The summed E-state index contributed by atoms with van der Waals surface area (Å²) in [7, 11) is 1.79. The number of halogens is 2. The van der Waals surface area contributed by atoms with Crippen LogP contribution in [0, 0.1) is 17.0 Å². The number of para-hydroxylation sites is 2. The molecule has 0 saturated heterocycles. The van der Waals surface area contributed by atoms with Crippen molar-refractivity contribution in [2.75, 3.05) is 11.4 Å². The highest BCUT2D eigenvalue weighted by atomic mass is 19.1. The van der Waals surface area contributed by atoms with E-state index in [0.29, 0.717) is 5.82 Å². The first-order valence-electron chi connectivity index (χ1n) is 7.63. The molecule has 0 spiro atoms. The van der Waals surface area contributed by atoms with Crippen LogP contribution in [0.1, 0.15) is 5.82 Å². The topological polar surface area (TPSA) is 65.1 Å². The molecule has 2 aromatic carbocycles. The molecule has 25 heavy (non-hydrogen) atoms. The first-order chi connectivity index (χ1) is 12.0. The molecule has 3 aromatic rings. The Morgan fingerprint density at radius 1 is 1.16 bits per heavy atom. The van der Waals surface area contributed by atoms with Gasteiger partial charge in [-0.3, -0.25) is 5.41 Å². The second-order valence-corrected chi connectivity index (χ2v) is 5.84. The molecule has 0 bridgehead atoms. The first-order valence-corrected chi connectivity index (χ1v) is 7.63. The van der Waals surface area contributed by atoms with E-state index in [0.717, 1.165) is 23.2 Å². The number of hydrogen-bond donors (Lipinski definition) is 2. The van der Waals surface area contributed by atoms with Gasteiger partial charge >= 0.3 is 0 Å². The average Bonchev–Trinajstić information content (AvgIpc) is 3.05. The van der Waals surface area contributed by atoms with Crippen LogP contribution in [-0.2, 0) is 7.05 Å². The first kappa shape index (κ1) is 15.3. The second-order valence-electron chi connectivity index (χ2n) is 5.84. The van der Waals surface area contributed by atoms with Gasteiger partial charge in [0.2, 0.25) is 0 Å². The van der Waals surface area contributed by atoms with Crippen LogP contribution in [-0.4, -0.2) is 27.0 Å². The number of nitrogens with one attached hydrogen (secondary N) is 1. The molecule has 0 saturated carbocycles. The number of fused-ring (bicyclic) bond motifs is 1. The van der Waals surface area contributed by atoms with Crippen molar-refractivity contribution in [3.05, 3.63) is 65.7 Å². The maximum atomic E-state index is 14.1. The average molecular weight is 340 g/mol. The van der Waals surface area contributed by atoms with E-state index in [1.54, 1.807) is 11.6 Å². The summed E-state index contributed by atoms with van der Waals surface area (Å²) in [5.41, 5.74) is 1.87. The van der Waals surface area contributed by atoms with E-state index in [1.165, 1.54) is 11.0 Å². The van der Waals surface area contributed by atoms with Gasteiger partial charge in [-0.25, -0.2) is 13.8 Å². The predicted octanol–water partition coefficient (Wildman–Crippen LogP) is 3.62. The lowest BCUT2D eigenvalue weighted by Crippen LogP contribution is -2.27. The van der Waals surface area contributed by atoms with Gasteiger partial charge < -0.3 is 14.6 Å². The number of aryl methyl sites for hydroxylation is 1. The molecule has 0 radical (unpaired) electrons. The third-order valence-electron chi connectivity index (χ3n) is 4.31. The standard InChI is InChI=1S/C18H14F2N4O/c1-23-14-5-3-2-4-12(14)22-18(23)16-15(25)9-24(17(16)21)13-7-6-10(19)8-11(13)20/h2-8,21,25H,9H2,1H3. The van der Waals surface area contributed by atoms with Gasteiger partial charge in [-0.1, -0.05) is 12.1 Å². The maximum absolute atomic E-state index is 14.1. The number of anilines is 1. The molecule has 1 aromatic heterocycles. The number of benzene rings is 2. The quantitative estimate of drug-likeness (QED) is 0.749. The smallest absolute Gasteiger partial charge is 0.149 e. The van der Waals surface area contributed by atoms with Gasteiger partial charge in [0.25, 0.3) is 0 Å². The van der Waals surface area contributed by atoms with E-state index < -0.39 is 11.6 Å². The number of rotatable bonds is 2. The molecule has 0 unspecified atom stereocenters. The van der Waals surface area contributed by atoms with E-state index in [-0.39, 0.29) is 29.4 Å². The van der Waals surface area contributed by atoms with Gasteiger partial charge in [-0.05, 0) is 24.3 Å². The van der Waals surface area contributed by atoms with Crippen molar-refractivity contribution in [2.24, 2.45) is 7.05 Å². The van der Waals surface area contributed by atoms with Crippen molar-refractivity contribution >= 4 is 28.1 Å². The zero-order chi connectivity index (χ0) is 17.7. The molecular formula is C18H14F2N4O. The molecular weight excluding hydrogens is 326 g/mol. The molecule has 2 N–H and O–H groups in total. The SMILES string of the molecule is Cn1c(C2=C(O)CN(c3ccc(F)cc3F)C2=N)nc2ccccc21. The summed E-state index contributed by atoms with van der Waals surface area (Å²) in [6.07, 6.45) is 0. The van der Waals surface area contributed by atoms with Gasteiger partial charge in [-0.15, -0.1) is 0 Å². The van der Waals surface area contributed by atoms with Crippen molar-refractivity contribution in [3.63, 3.8) is 0 Å². The van der Waals surface area contributed by atoms with Gasteiger partial charge in [-0.2, -0.15) is 0 Å². The van der Waals surface area contributed by atoms with Crippen LogP contribution in [0.2, 0.25) is 0 Å². The molecule has 2 heterocycles. The molecule has 0 atom stereocenters. The monoisotopic (exact) mass is 340 g/mol. The van der Waals surface area contributed by atoms with Gasteiger partial charge in [0.1, 0.15) is 29.1 Å². The minimum Gasteiger partial charge on any atom is -0.509 e. The van der Waals surface area contributed by atoms with Crippen molar-refractivity contribution in [1.82, 2.24) is 9.55 Å². The summed E-state index contributed by atoms with van der Waals surface area (Å²) >= 11 is 0. The Bertz CT molecular complexity index is 1050. The van der Waals surface area contributed by atoms with Crippen molar-refractivity contribution in [2.45, 2.75) is 0 Å². The van der Waals surface area contributed by atoms with Crippen LogP contribution in [0.25, 0.3) is 16.6 Å². The van der Waals surface area contributed by atoms with E-state index in [4.69, 9.17) is 5.41 Å². The fourth-order valence-corrected chi connectivity index (χ4v) is 3.09. The summed E-state index contributed by atoms with van der Waals surface area (Å²) in [5.74, 6) is -1.22. The molecule has 0 aliphatic carbocycles. The third-order valence-corrected chi connectivity index (χ3v) is 4.31. The van der Waals surface area contributed by atoms with Crippen LogP contribution in [0.15, 0.2) is 48.2 Å². The molecule has 1 aliphatic rings. The zero-order valence-corrected chi connectivity index (χ0v) is 13.3. The van der Waals surface area contributed by atoms with Crippen molar-refractivity contribution in [1.29, 1.82) is 5.41 Å². The van der Waals surface area contributed by atoms with Crippen LogP contribution >= 0.6 is 0 Å². The van der Waals surface area contributed by atoms with E-state index in [2.05, 4.69) is 4.98 Å². The molecule has 126 valence electrons. The highest BCUT2D eigenvalue weighted by Gasteiger charge is 2.33. The molecule has 7 heteroatoms. The Labute approximate surface area is 142 Å². The van der Waals surface area contributed by atoms with Crippen LogP contribution < -0.4 is 4.90 Å². The number of aliphatic hydroxyl groups excluding tert-OH is 1. The van der Waals surface area contributed by atoms with Crippen LogP contribution in [0.4, 0.5) is 14.5 Å². The number of imidazole rings is 1. The number of nitrogens with zero attached hydrogens (tertiary/aromatic N) is 3. The summed E-state index contributed by atoms with van der Waals surface area (Å²) in [6.45, 7) is -0.0695. The second kappa shape index (κ2) is 5.41. The lowest BCUT2D eigenvalue weighted by atomic mass is 10.2. The number of amidine groups is 1. The predicted molar refractivity (Wildman–Crippen MR) is 91.7 cm³/mol. The molecule has 4 rings (SSSR count). The van der Waals surface area contributed by atoms with E-state index >= 15 is 0 Å². The highest BCUT2D eigenvalue weighted by molar-refractivity contribution is 6.30. The Morgan fingerprint density at radius 2 is 1.92 bits per heavy atom. The van der Waals surface area contributed by atoms with Crippen molar-refractivity contribution < 1.29 is 13.9 Å². The Kier molecular flexibility index (Phi) is 3.31. The van der Waals surface area contributed by atoms with Crippen molar-refractivity contribution in [3.8, 4) is 0 Å². The summed E-state index contributed by atoms with van der Waals surface area (Å²) in [6, 6.07) is 10.6. The fourth-order valence-electron chi connectivity index (χ4n) is 3.09. The van der Waals surface area contributed by atoms with Crippen LogP contribution in [0.5, 0.6) is 0 Å². The summed E-state index contributed by atoms with van der Waals surface area (Å²) in [4.78, 5) is 5.77. The fraction of sp³-hybridized carbons (Fsp3) is 0.111. The third kappa shape index (κ3) is 2.27. The molecule has 0 fully saturated rings. The largest absolute Gasteiger partial charge is 0.509 e. The van der Waals surface area contributed by atoms with Gasteiger partial charge in [0.05, 0.1) is 28.8 Å². The number of aromatic nitrogens is 2. The minimum atomic E-state index is -0.788. The van der Waals surface area contributed by atoms with E-state index in [1.807, 2.05) is 24.3 Å². The summed E-state index contributed by atoms with van der Waals surface area (Å²) < 4.78 is 29.0. The lowest BCUT2D eigenvalue weighted by molar-refractivity contribution is 0.411. The molecule has 0 amide bonds. The van der Waals surface area contributed by atoms with Crippen LogP contribution in [0.3, 0.4) is 0 Å². The highest BCUT2D eigenvalue weighted by Crippen LogP contribution is 2.33. The van der Waals surface area contributed by atoms with Gasteiger partial charge in [0, 0.05) is 13.1 Å². The summed E-state index contributed by atoms with van der Waals surface area (Å²) in [5, 5.41) is 18.8. The Hall–Kier alpha value is -3.22. The molecule has 1 aliphatic heterocycles. The number of aliphatic hydroxyl groups is 1. The Balaban J connectivity index is 1.79. The van der Waals surface area contributed by atoms with E-state index in [9.17, 15) is 13.9 Å². The number of hydrogen-bond acceptors (Lipinski definition) is 3. The zero-order valence-electron chi connectivity index (χ0n) is 13.3. The molecule has 5 nitrogen and oxygen atoms in total. The minimum absolute atomic E-state index is 0.0340. The Morgan fingerprint density at radius 3 is 2.64 bits per heavy atom. The normalized spacial score (nSPS) is 14.8. The van der Waals surface area contributed by atoms with Gasteiger partial charge in [0.15, 0.2) is 0 Å². The maximum Gasteiger partial charge on any atom is 0.149 e. The lowest BCUT2D eigenvalue weighted by Gasteiger charge is -2.19.